The fraction of sp³-hybridized carbons (Fsp3) is 0.650. The number of amides is 2. The van der Waals surface area contributed by atoms with Gasteiger partial charge in [-0.15, -0.1) is 0 Å². The monoisotopic (exact) mass is 343 g/mol. The summed E-state index contributed by atoms with van der Waals surface area (Å²) < 4.78 is 0. The predicted octanol–water partition coefficient (Wildman–Crippen LogP) is 2.65. The largest absolute Gasteiger partial charge is 0.342 e. The molecular formula is C20H29N3O2. The van der Waals surface area contributed by atoms with Crippen molar-refractivity contribution in [3.63, 3.8) is 0 Å². The van der Waals surface area contributed by atoms with Gasteiger partial charge in [-0.3, -0.25) is 14.6 Å². The van der Waals surface area contributed by atoms with Crippen LogP contribution in [0.25, 0.3) is 0 Å². The molecule has 0 bridgehead atoms. The van der Waals surface area contributed by atoms with Gasteiger partial charge < -0.3 is 9.80 Å². The number of carbonyl (C=O) groups is 2. The minimum absolute atomic E-state index is 0.142. The van der Waals surface area contributed by atoms with Gasteiger partial charge >= 0.3 is 0 Å². The maximum atomic E-state index is 12.9. The highest BCUT2D eigenvalue weighted by molar-refractivity contribution is 5.89. The fourth-order valence-corrected chi connectivity index (χ4v) is 4.14. The van der Waals surface area contributed by atoms with Gasteiger partial charge in [0.1, 0.15) is 0 Å². The van der Waals surface area contributed by atoms with Crippen LogP contribution in [0.5, 0.6) is 0 Å². The minimum atomic E-state index is -0.160. The summed E-state index contributed by atoms with van der Waals surface area (Å²) >= 11 is 0. The summed E-state index contributed by atoms with van der Waals surface area (Å²) in [5, 5.41) is 0. The zero-order chi connectivity index (χ0) is 17.6. The number of rotatable bonds is 6. The number of likely N-dealkylation sites (N-methyl/N-ethyl adjacent to an activating group) is 1. The van der Waals surface area contributed by atoms with Crippen molar-refractivity contribution in [2.24, 2.45) is 5.92 Å². The van der Waals surface area contributed by atoms with Gasteiger partial charge in [-0.25, -0.2) is 0 Å². The van der Waals surface area contributed by atoms with Crippen molar-refractivity contribution >= 4 is 11.8 Å². The van der Waals surface area contributed by atoms with E-state index in [0.29, 0.717) is 32.1 Å². The molecule has 0 spiro atoms. The zero-order valence-corrected chi connectivity index (χ0v) is 15.2. The molecule has 5 heteroatoms. The Hall–Kier alpha value is -1.91. The first-order valence-electron chi connectivity index (χ1n) is 9.66. The first kappa shape index (κ1) is 17.9. The Morgan fingerprint density at radius 2 is 1.96 bits per heavy atom. The molecule has 1 aromatic heterocycles. The maximum absolute atomic E-state index is 12.9. The van der Waals surface area contributed by atoms with E-state index in [1.807, 2.05) is 28.9 Å². The normalized spacial score (nSPS) is 21.6. The quantitative estimate of drug-likeness (QED) is 0.798. The molecule has 3 rings (SSSR count). The predicted molar refractivity (Wildman–Crippen MR) is 96.9 cm³/mol. The van der Waals surface area contributed by atoms with E-state index in [1.165, 1.54) is 24.8 Å². The van der Waals surface area contributed by atoms with Crippen molar-refractivity contribution < 1.29 is 9.59 Å². The summed E-state index contributed by atoms with van der Waals surface area (Å²) in [6.07, 6.45) is 10.7. The second-order valence-corrected chi connectivity index (χ2v) is 7.26. The van der Waals surface area contributed by atoms with Gasteiger partial charge in [0, 0.05) is 44.5 Å². The number of aromatic nitrogens is 1. The van der Waals surface area contributed by atoms with Crippen LogP contribution in [0.4, 0.5) is 0 Å². The molecule has 1 aliphatic heterocycles. The highest BCUT2D eigenvalue weighted by atomic mass is 16.2. The Kier molecular flexibility index (Phi) is 6.05. The average Bonchev–Trinajstić information content (AvgIpc) is 3.05. The molecule has 1 unspecified atom stereocenters. The SMILES string of the molecule is CCN(CCc1ccncc1)C(=O)C1CC(=O)N(C2CCCCC2)C1. The van der Waals surface area contributed by atoms with Crippen LogP contribution in [-0.2, 0) is 16.0 Å². The highest BCUT2D eigenvalue weighted by Crippen LogP contribution is 2.29. The molecule has 2 fully saturated rings. The van der Waals surface area contributed by atoms with E-state index in [9.17, 15) is 9.59 Å². The Balaban J connectivity index is 1.56. The Morgan fingerprint density at radius 3 is 2.64 bits per heavy atom. The standard InChI is InChI=1S/C20H29N3O2/c1-2-22(13-10-16-8-11-21-12-9-16)20(25)17-14-19(24)23(15-17)18-6-4-3-5-7-18/h8-9,11-12,17-18H,2-7,10,13-15H2,1H3. The van der Waals surface area contributed by atoms with E-state index >= 15 is 0 Å². The number of likely N-dealkylation sites (tertiary alicyclic amines) is 1. The summed E-state index contributed by atoms with van der Waals surface area (Å²) in [7, 11) is 0. The van der Waals surface area contributed by atoms with Gasteiger partial charge in [-0.1, -0.05) is 19.3 Å². The van der Waals surface area contributed by atoms with Crippen LogP contribution in [0.1, 0.15) is 51.0 Å². The number of pyridine rings is 1. The van der Waals surface area contributed by atoms with Gasteiger partial charge in [0.25, 0.3) is 0 Å². The second-order valence-electron chi connectivity index (χ2n) is 7.26. The van der Waals surface area contributed by atoms with Crippen molar-refractivity contribution in [2.45, 2.75) is 57.9 Å². The van der Waals surface area contributed by atoms with Gasteiger partial charge in [0.15, 0.2) is 0 Å². The van der Waals surface area contributed by atoms with E-state index in [2.05, 4.69) is 4.98 Å². The third-order valence-corrected chi connectivity index (χ3v) is 5.64. The molecule has 1 aliphatic carbocycles. The summed E-state index contributed by atoms with van der Waals surface area (Å²) in [6.45, 7) is 4.03. The summed E-state index contributed by atoms with van der Waals surface area (Å²) in [6, 6.07) is 4.34. The Labute approximate surface area is 150 Å². The average molecular weight is 343 g/mol. The van der Waals surface area contributed by atoms with E-state index in [4.69, 9.17) is 0 Å². The van der Waals surface area contributed by atoms with Crippen molar-refractivity contribution in [1.29, 1.82) is 0 Å². The Morgan fingerprint density at radius 1 is 1.24 bits per heavy atom. The molecule has 0 N–H and O–H groups in total. The molecule has 1 atom stereocenters. The highest BCUT2D eigenvalue weighted by Gasteiger charge is 2.39. The molecule has 1 saturated carbocycles. The first-order valence-corrected chi connectivity index (χ1v) is 9.66. The van der Waals surface area contributed by atoms with Crippen molar-refractivity contribution in [3.8, 4) is 0 Å². The lowest BCUT2D eigenvalue weighted by atomic mass is 9.94. The summed E-state index contributed by atoms with van der Waals surface area (Å²) in [5.41, 5.74) is 1.19. The van der Waals surface area contributed by atoms with Gasteiger partial charge in [-0.05, 0) is 43.9 Å². The lowest BCUT2D eigenvalue weighted by molar-refractivity contribution is -0.135. The third kappa shape index (κ3) is 4.39. The molecule has 2 heterocycles. The van der Waals surface area contributed by atoms with Crippen LogP contribution < -0.4 is 0 Å². The lowest BCUT2D eigenvalue weighted by Gasteiger charge is -2.31. The number of hydrogen-bond acceptors (Lipinski definition) is 3. The van der Waals surface area contributed by atoms with Crippen molar-refractivity contribution in [2.75, 3.05) is 19.6 Å². The molecule has 5 nitrogen and oxygen atoms in total. The van der Waals surface area contributed by atoms with Crippen LogP contribution >= 0.6 is 0 Å². The lowest BCUT2D eigenvalue weighted by Crippen LogP contribution is -2.41. The van der Waals surface area contributed by atoms with Gasteiger partial charge in [0.05, 0.1) is 5.92 Å². The minimum Gasteiger partial charge on any atom is -0.342 e. The number of carbonyl (C=O) groups excluding carboxylic acids is 2. The van der Waals surface area contributed by atoms with Gasteiger partial charge in [-0.2, -0.15) is 0 Å². The molecule has 0 aromatic carbocycles. The van der Waals surface area contributed by atoms with Crippen LogP contribution in [0.15, 0.2) is 24.5 Å². The second kappa shape index (κ2) is 8.45. The molecule has 136 valence electrons. The summed E-state index contributed by atoms with van der Waals surface area (Å²) in [4.78, 5) is 33.3. The van der Waals surface area contributed by atoms with Crippen LogP contribution in [0.3, 0.4) is 0 Å². The molecular weight excluding hydrogens is 314 g/mol. The Bertz CT molecular complexity index is 584. The summed E-state index contributed by atoms with van der Waals surface area (Å²) in [5.74, 6) is 0.158. The van der Waals surface area contributed by atoms with Crippen LogP contribution in [-0.4, -0.2) is 52.3 Å². The molecule has 2 amide bonds. The van der Waals surface area contributed by atoms with Crippen LogP contribution in [0, 0.1) is 5.92 Å². The molecule has 1 aromatic rings. The zero-order valence-electron chi connectivity index (χ0n) is 15.2. The maximum Gasteiger partial charge on any atom is 0.227 e. The van der Waals surface area contributed by atoms with E-state index in [-0.39, 0.29) is 17.7 Å². The smallest absolute Gasteiger partial charge is 0.227 e. The van der Waals surface area contributed by atoms with E-state index < -0.39 is 0 Å². The van der Waals surface area contributed by atoms with E-state index in [1.54, 1.807) is 12.4 Å². The first-order chi connectivity index (χ1) is 12.2. The number of nitrogens with zero attached hydrogens (tertiary/aromatic N) is 3. The van der Waals surface area contributed by atoms with E-state index in [0.717, 1.165) is 19.3 Å². The number of hydrogen-bond donors (Lipinski definition) is 0. The molecule has 2 aliphatic rings. The van der Waals surface area contributed by atoms with Crippen molar-refractivity contribution in [1.82, 2.24) is 14.8 Å². The van der Waals surface area contributed by atoms with Crippen molar-refractivity contribution in [3.05, 3.63) is 30.1 Å². The third-order valence-electron chi connectivity index (χ3n) is 5.64. The fourth-order valence-electron chi connectivity index (χ4n) is 4.14. The molecule has 25 heavy (non-hydrogen) atoms. The van der Waals surface area contributed by atoms with Crippen LogP contribution in [0.2, 0.25) is 0 Å². The molecule has 1 saturated heterocycles. The van der Waals surface area contributed by atoms with Gasteiger partial charge in [0.2, 0.25) is 11.8 Å². The molecule has 0 radical (unpaired) electrons. The topological polar surface area (TPSA) is 53.5 Å².